The number of benzene rings is 2. The van der Waals surface area contributed by atoms with Crippen LogP contribution >= 0.6 is 0 Å². The summed E-state index contributed by atoms with van der Waals surface area (Å²) >= 11 is 0. The Hall–Kier alpha value is -1.80. The van der Waals surface area contributed by atoms with Crippen molar-refractivity contribution in [3.05, 3.63) is 63.7 Å². The van der Waals surface area contributed by atoms with Crippen molar-refractivity contribution in [2.24, 2.45) is 0 Å². The lowest BCUT2D eigenvalue weighted by molar-refractivity contribution is 0.0277. The van der Waals surface area contributed by atoms with Gasteiger partial charge in [-0.3, -0.25) is 0 Å². The second kappa shape index (κ2) is 8.06. The fourth-order valence-corrected chi connectivity index (χ4v) is 4.58. The summed E-state index contributed by atoms with van der Waals surface area (Å²) in [5, 5.41) is 21.2. The second-order valence-electron chi connectivity index (χ2n) is 8.02. The molecule has 0 radical (unpaired) electrons. The van der Waals surface area contributed by atoms with Crippen LogP contribution in [-0.4, -0.2) is 10.2 Å². The number of aliphatic hydroxyl groups is 1. The van der Waals surface area contributed by atoms with Gasteiger partial charge in [0.1, 0.15) is 5.75 Å². The van der Waals surface area contributed by atoms with Crippen LogP contribution in [-0.2, 0) is 11.0 Å². The van der Waals surface area contributed by atoms with Gasteiger partial charge in [-0.2, -0.15) is 0 Å². The van der Waals surface area contributed by atoms with Crippen LogP contribution in [0.4, 0.5) is 0 Å². The summed E-state index contributed by atoms with van der Waals surface area (Å²) in [5.41, 5.74) is 5.74. The van der Waals surface area contributed by atoms with Crippen LogP contribution in [0.15, 0.2) is 30.3 Å². The molecule has 0 bridgehead atoms. The third-order valence-corrected chi connectivity index (χ3v) is 6.70. The average molecular weight is 369 g/mol. The van der Waals surface area contributed by atoms with Crippen molar-refractivity contribution in [2.45, 2.75) is 85.2 Å². The number of hydrogen-bond acceptors (Lipinski definition) is 2. The summed E-state index contributed by atoms with van der Waals surface area (Å²) in [5.74, 6) is 0.391. The van der Waals surface area contributed by atoms with Crippen LogP contribution < -0.4 is 0 Å². The number of phenols is 1. The molecule has 2 rings (SSSR count). The summed E-state index contributed by atoms with van der Waals surface area (Å²) in [6.07, 6.45) is 3.40. The first-order valence-electron chi connectivity index (χ1n) is 10.3. The predicted octanol–water partition coefficient (Wildman–Crippen LogP) is 6.43. The van der Waals surface area contributed by atoms with Crippen molar-refractivity contribution < 1.29 is 10.2 Å². The van der Waals surface area contributed by atoms with E-state index in [4.69, 9.17) is 0 Å². The number of aromatic hydroxyl groups is 1. The molecule has 0 aliphatic carbocycles. The van der Waals surface area contributed by atoms with Crippen LogP contribution in [0.3, 0.4) is 0 Å². The van der Waals surface area contributed by atoms with Gasteiger partial charge in [0.25, 0.3) is 0 Å². The fraction of sp³-hybridized carbons (Fsp3) is 0.520. The van der Waals surface area contributed by atoms with Crippen molar-refractivity contribution in [2.75, 3.05) is 0 Å². The third kappa shape index (κ3) is 3.65. The SMILES string of the molecule is CCC(O)(CC)c1ccc(C(CC)(CC)c2cc(C)c(O)c(C)c2)cc1C. The van der Waals surface area contributed by atoms with E-state index in [0.717, 1.165) is 35.1 Å². The Morgan fingerprint density at radius 2 is 1.19 bits per heavy atom. The van der Waals surface area contributed by atoms with Crippen molar-refractivity contribution in [3.63, 3.8) is 0 Å². The first-order valence-corrected chi connectivity index (χ1v) is 10.3. The Kier molecular flexibility index (Phi) is 6.42. The van der Waals surface area contributed by atoms with Gasteiger partial charge in [0, 0.05) is 5.41 Å². The number of rotatable bonds is 7. The number of phenolic OH excluding ortho intramolecular Hbond substituents is 1. The van der Waals surface area contributed by atoms with E-state index in [1.54, 1.807) is 0 Å². The normalized spacial score (nSPS) is 12.4. The third-order valence-electron chi connectivity index (χ3n) is 6.70. The predicted molar refractivity (Wildman–Crippen MR) is 115 cm³/mol. The van der Waals surface area contributed by atoms with Crippen LogP contribution in [0.2, 0.25) is 0 Å². The lowest BCUT2D eigenvalue weighted by Crippen LogP contribution is -2.28. The lowest BCUT2D eigenvalue weighted by Gasteiger charge is -2.35. The largest absolute Gasteiger partial charge is 0.507 e. The zero-order chi connectivity index (χ0) is 20.4. The Bertz CT molecular complexity index is 773. The van der Waals surface area contributed by atoms with Gasteiger partial charge in [0.15, 0.2) is 0 Å². The molecule has 0 amide bonds. The smallest absolute Gasteiger partial charge is 0.121 e. The molecule has 27 heavy (non-hydrogen) atoms. The van der Waals surface area contributed by atoms with Crippen LogP contribution in [0.1, 0.15) is 86.8 Å². The molecule has 0 unspecified atom stereocenters. The van der Waals surface area contributed by atoms with Crippen LogP contribution in [0.25, 0.3) is 0 Å². The van der Waals surface area contributed by atoms with E-state index in [2.05, 4.69) is 51.1 Å². The molecular weight excluding hydrogens is 332 g/mol. The monoisotopic (exact) mass is 368 g/mol. The molecule has 2 aromatic carbocycles. The molecule has 0 aliphatic rings. The Morgan fingerprint density at radius 1 is 0.704 bits per heavy atom. The Morgan fingerprint density at radius 3 is 1.59 bits per heavy atom. The molecule has 0 aliphatic heterocycles. The molecule has 0 atom stereocenters. The van der Waals surface area contributed by atoms with Crippen molar-refractivity contribution >= 4 is 0 Å². The van der Waals surface area contributed by atoms with Crippen molar-refractivity contribution in [3.8, 4) is 5.75 Å². The van der Waals surface area contributed by atoms with E-state index < -0.39 is 5.60 Å². The maximum atomic E-state index is 11.0. The Labute approximate surface area is 165 Å². The first-order chi connectivity index (χ1) is 12.7. The van der Waals surface area contributed by atoms with Gasteiger partial charge in [-0.25, -0.2) is 0 Å². The molecule has 2 nitrogen and oxygen atoms in total. The highest BCUT2D eigenvalue weighted by Crippen LogP contribution is 2.42. The highest BCUT2D eigenvalue weighted by molar-refractivity contribution is 5.50. The van der Waals surface area contributed by atoms with E-state index in [9.17, 15) is 10.2 Å². The van der Waals surface area contributed by atoms with Crippen molar-refractivity contribution in [1.29, 1.82) is 0 Å². The molecular formula is C25H36O2. The minimum atomic E-state index is -0.755. The molecule has 148 valence electrons. The second-order valence-corrected chi connectivity index (χ2v) is 8.02. The van der Waals surface area contributed by atoms with E-state index in [0.29, 0.717) is 18.6 Å². The lowest BCUT2D eigenvalue weighted by atomic mass is 9.69. The topological polar surface area (TPSA) is 40.5 Å². The quantitative estimate of drug-likeness (QED) is 0.591. The highest BCUT2D eigenvalue weighted by Gasteiger charge is 2.33. The van der Waals surface area contributed by atoms with Gasteiger partial charge in [-0.05, 0) is 79.8 Å². The summed E-state index contributed by atoms with van der Waals surface area (Å²) in [4.78, 5) is 0. The van der Waals surface area contributed by atoms with E-state index >= 15 is 0 Å². The molecule has 0 spiro atoms. The molecule has 0 aromatic heterocycles. The van der Waals surface area contributed by atoms with E-state index in [1.165, 1.54) is 11.1 Å². The summed E-state index contributed by atoms with van der Waals surface area (Å²) in [7, 11) is 0. The maximum Gasteiger partial charge on any atom is 0.121 e. The summed E-state index contributed by atoms with van der Waals surface area (Å²) < 4.78 is 0. The molecule has 2 N–H and O–H groups in total. The first kappa shape index (κ1) is 21.5. The number of hydrogen-bond donors (Lipinski definition) is 2. The Balaban J connectivity index is 2.66. The van der Waals surface area contributed by atoms with Crippen LogP contribution in [0, 0.1) is 20.8 Å². The zero-order valence-corrected chi connectivity index (χ0v) is 18.1. The molecule has 0 saturated heterocycles. The molecule has 0 fully saturated rings. The van der Waals surface area contributed by atoms with Gasteiger partial charge in [-0.1, -0.05) is 58.0 Å². The van der Waals surface area contributed by atoms with E-state index in [-0.39, 0.29) is 5.41 Å². The van der Waals surface area contributed by atoms with E-state index in [1.807, 2.05) is 27.7 Å². The van der Waals surface area contributed by atoms with Gasteiger partial charge in [-0.15, -0.1) is 0 Å². The molecule has 2 aromatic rings. The molecule has 0 saturated carbocycles. The molecule has 0 heterocycles. The van der Waals surface area contributed by atoms with Gasteiger partial charge in [0.05, 0.1) is 5.60 Å². The van der Waals surface area contributed by atoms with Gasteiger partial charge >= 0.3 is 0 Å². The summed E-state index contributed by atoms with van der Waals surface area (Å²) in [6.45, 7) is 14.6. The molecule has 2 heteroatoms. The van der Waals surface area contributed by atoms with Crippen molar-refractivity contribution in [1.82, 2.24) is 0 Å². The summed E-state index contributed by atoms with van der Waals surface area (Å²) in [6, 6.07) is 10.8. The standard InChI is InChI=1S/C25H36O2/c1-8-24(9-2,21-15-18(6)23(26)19(7)16-21)20-12-13-22(17(5)14-20)25(27,10-3)11-4/h12-16,26-27H,8-11H2,1-7H3. The van der Waals surface area contributed by atoms with Gasteiger partial charge in [0.2, 0.25) is 0 Å². The van der Waals surface area contributed by atoms with Gasteiger partial charge < -0.3 is 10.2 Å². The highest BCUT2D eigenvalue weighted by atomic mass is 16.3. The minimum Gasteiger partial charge on any atom is -0.507 e. The average Bonchev–Trinajstić information content (AvgIpc) is 2.67. The number of aryl methyl sites for hydroxylation is 3. The maximum absolute atomic E-state index is 11.0. The zero-order valence-electron chi connectivity index (χ0n) is 18.1. The fourth-order valence-electron chi connectivity index (χ4n) is 4.58. The van der Waals surface area contributed by atoms with Crippen LogP contribution in [0.5, 0.6) is 5.75 Å². The minimum absolute atomic E-state index is 0.0942.